The molecule has 2 nitrogen and oxygen atoms in total. The van der Waals surface area contributed by atoms with E-state index in [0.29, 0.717) is 11.3 Å². The van der Waals surface area contributed by atoms with Gasteiger partial charge >= 0.3 is 0 Å². The van der Waals surface area contributed by atoms with Crippen LogP contribution in [0.3, 0.4) is 0 Å². The summed E-state index contributed by atoms with van der Waals surface area (Å²) in [5.74, 6) is -0.0413. The van der Waals surface area contributed by atoms with Gasteiger partial charge in [-0.25, -0.2) is 0 Å². The number of hydrogen-bond acceptors (Lipinski definition) is 2. The van der Waals surface area contributed by atoms with Crippen LogP contribution in [0.15, 0.2) is 47.1 Å². The van der Waals surface area contributed by atoms with E-state index in [1.54, 1.807) is 12.3 Å². The van der Waals surface area contributed by atoms with E-state index >= 15 is 0 Å². The number of aryl methyl sites for hydroxylation is 1. The summed E-state index contributed by atoms with van der Waals surface area (Å²) in [5.41, 5.74) is 2.35. The molecule has 18 heavy (non-hydrogen) atoms. The number of hydrogen-bond donors (Lipinski definition) is 0. The molecular formula is C15H14BrNO. The highest BCUT2D eigenvalue weighted by Gasteiger charge is 2.13. The van der Waals surface area contributed by atoms with Gasteiger partial charge in [0.05, 0.1) is 0 Å². The molecule has 0 aliphatic carbocycles. The minimum Gasteiger partial charge on any atom is -0.287 e. The maximum atomic E-state index is 12.3. The predicted molar refractivity (Wildman–Crippen MR) is 75.8 cm³/mol. The highest BCUT2D eigenvalue weighted by Crippen LogP contribution is 2.18. The van der Waals surface area contributed by atoms with Crippen LogP contribution in [0.1, 0.15) is 35.0 Å². The van der Waals surface area contributed by atoms with Gasteiger partial charge in [0.1, 0.15) is 5.69 Å². The number of ketones is 1. The molecule has 0 saturated heterocycles. The number of halogens is 1. The van der Waals surface area contributed by atoms with Crippen molar-refractivity contribution in [1.29, 1.82) is 0 Å². The number of aromatic nitrogens is 1. The van der Waals surface area contributed by atoms with E-state index in [2.05, 4.69) is 27.8 Å². The fourth-order valence-electron chi connectivity index (χ4n) is 1.85. The van der Waals surface area contributed by atoms with Crippen molar-refractivity contribution in [2.45, 2.75) is 19.8 Å². The first-order valence-corrected chi connectivity index (χ1v) is 6.76. The lowest BCUT2D eigenvalue weighted by Crippen LogP contribution is -2.05. The fraction of sp³-hybridized carbons (Fsp3) is 0.200. The number of benzene rings is 1. The van der Waals surface area contributed by atoms with Gasteiger partial charge in [0, 0.05) is 16.2 Å². The maximum Gasteiger partial charge on any atom is 0.212 e. The van der Waals surface area contributed by atoms with Gasteiger partial charge in [-0.3, -0.25) is 9.78 Å². The quantitative estimate of drug-likeness (QED) is 0.798. The number of carbonyl (C=O) groups excluding carboxylic acids is 1. The van der Waals surface area contributed by atoms with Crippen LogP contribution in [0.25, 0.3) is 0 Å². The summed E-state index contributed by atoms with van der Waals surface area (Å²) < 4.78 is 0.732. The van der Waals surface area contributed by atoms with Gasteiger partial charge in [-0.05, 0) is 46.1 Å². The number of pyridine rings is 1. The van der Waals surface area contributed by atoms with Crippen LogP contribution in [0, 0.1) is 0 Å². The van der Waals surface area contributed by atoms with Crippen molar-refractivity contribution in [3.63, 3.8) is 0 Å². The zero-order valence-electron chi connectivity index (χ0n) is 10.2. The van der Waals surface area contributed by atoms with Crippen LogP contribution < -0.4 is 0 Å². The van der Waals surface area contributed by atoms with E-state index in [1.165, 1.54) is 5.56 Å². The van der Waals surface area contributed by atoms with Crippen LogP contribution in [-0.2, 0) is 6.42 Å². The summed E-state index contributed by atoms with van der Waals surface area (Å²) in [6.45, 7) is 2.13. The lowest BCUT2D eigenvalue weighted by molar-refractivity contribution is 0.103. The summed E-state index contributed by atoms with van der Waals surface area (Å²) in [5, 5.41) is 0. The highest BCUT2D eigenvalue weighted by atomic mass is 79.9. The van der Waals surface area contributed by atoms with Crippen molar-refractivity contribution in [3.05, 3.63) is 63.9 Å². The SMILES string of the molecule is CCCc1cccc(C(=O)c2ncccc2Br)c1. The van der Waals surface area contributed by atoms with Crippen LogP contribution in [0.2, 0.25) is 0 Å². The van der Waals surface area contributed by atoms with E-state index in [1.807, 2.05) is 30.3 Å². The molecule has 0 fully saturated rings. The molecule has 1 aromatic heterocycles. The van der Waals surface area contributed by atoms with E-state index in [9.17, 15) is 4.79 Å². The van der Waals surface area contributed by atoms with Crippen LogP contribution in [0.5, 0.6) is 0 Å². The predicted octanol–water partition coefficient (Wildman–Crippen LogP) is 4.03. The average molecular weight is 304 g/mol. The van der Waals surface area contributed by atoms with Gasteiger partial charge in [-0.15, -0.1) is 0 Å². The zero-order chi connectivity index (χ0) is 13.0. The Labute approximate surface area is 115 Å². The summed E-state index contributed by atoms with van der Waals surface area (Å²) in [7, 11) is 0. The Bertz CT molecular complexity index is 566. The van der Waals surface area contributed by atoms with E-state index in [4.69, 9.17) is 0 Å². The Morgan fingerprint density at radius 3 is 2.83 bits per heavy atom. The molecule has 0 saturated carbocycles. The van der Waals surface area contributed by atoms with Crippen molar-refractivity contribution in [3.8, 4) is 0 Å². The van der Waals surface area contributed by atoms with Crippen molar-refractivity contribution >= 4 is 21.7 Å². The fourth-order valence-corrected chi connectivity index (χ4v) is 2.28. The molecule has 0 radical (unpaired) electrons. The first-order chi connectivity index (χ1) is 8.72. The molecule has 0 N–H and O–H groups in total. The standard InChI is InChI=1S/C15H14BrNO/c1-2-5-11-6-3-7-12(10-11)15(18)14-13(16)8-4-9-17-14/h3-4,6-10H,2,5H2,1H3. The Morgan fingerprint density at radius 2 is 2.11 bits per heavy atom. The molecule has 0 bridgehead atoms. The lowest BCUT2D eigenvalue weighted by Gasteiger charge is -2.05. The Kier molecular flexibility index (Phi) is 4.26. The molecule has 0 spiro atoms. The van der Waals surface area contributed by atoms with Crippen molar-refractivity contribution < 1.29 is 4.79 Å². The second-order valence-corrected chi connectivity index (χ2v) is 4.97. The molecule has 1 aromatic carbocycles. The average Bonchev–Trinajstić information content (AvgIpc) is 2.39. The molecule has 0 amide bonds. The van der Waals surface area contributed by atoms with Gasteiger partial charge < -0.3 is 0 Å². The third kappa shape index (κ3) is 2.85. The first kappa shape index (κ1) is 13.0. The van der Waals surface area contributed by atoms with Gasteiger partial charge in [0.25, 0.3) is 0 Å². The van der Waals surface area contributed by atoms with Gasteiger partial charge in [0.2, 0.25) is 5.78 Å². The lowest BCUT2D eigenvalue weighted by atomic mass is 10.0. The molecule has 92 valence electrons. The number of carbonyl (C=O) groups is 1. The zero-order valence-corrected chi connectivity index (χ0v) is 11.8. The Balaban J connectivity index is 2.34. The Hall–Kier alpha value is -1.48. The van der Waals surface area contributed by atoms with E-state index in [-0.39, 0.29) is 5.78 Å². The molecule has 0 atom stereocenters. The Morgan fingerprint density at radius 1 is 1.28 bits per heavy atom. The summed E-state index contributed by atoms with van der Waals surface area (Å²) in [6.07, 6.45) is 3.70. The summed E-state index contributed by atoms with van der Waals surface area (Å²) in [4.78, 5) is 16.5. The molecule has 2 aromatic rings. The monoisotopic (exact) mass is 303 g/mol. The number of rotatable bonds is 4. The van der Waals surface area contributed by atoms with Crippen molar-refractivity contribution in [2.75, 3.05) is 0 Å². The van der Waals surface area contributed by atoms with Crippen molar-refractivity contribution in [2.24, 2.45) is 0 Å². The van der Waals surface area contributed by atoms with Gasteiger partial charge in [-0.2, -0.15) is 0 Å². The first-order valence-electron chi connectivity index (χ1n) is 5.96. The normalized spacial score (nSPS) is 10.3. The van der Waals surface area contributed by atoms with Crippen LogP contribution >= 0.6 is 15.9 Å². The van der Waals surface area contributed by atoms with Gasteiger partial charge in [0.15, 0.2) is 0 Å². The summed E-state index contributed by atoms with van der Waals surface area (Å²) >= 11 is 3.36. The van der Waals surface area contributed by atoms with E-state index < -0.39 is 0 Å². The van der Waals surface area contributed by atoms with Crippen molar-refractivity contribution in [1.82, 2.24) is 4.98 Å². The molecule has 1 heterocycles. The smallest absolute Gasteiger partial charge is 0.212 e. The minimum absolute atomic E-state index is 0.0413. The van der Waals surface area contributed by atoms with E-state index in [0.717, 1.165) is 17.3 Å². The molecule has 0 unspecified atom stereocenters. The van der Waals surface area contributed by atoms with Crippen LogP contribution in [0.4, 0.5) is 0 Å². The van der Waals surface area contributed by atoms with Gasteiger partial charge in [-0.1, -0.05) is 31.5 Å². The second kappa shape index (κ2) is 5.91. The largest absolute Gasteiger partial charge is 0.287 e. The molecule has 3 heteroatoms. The minimum atomic E-state index is -0.0413. The molecule has 0 aliphatic heterocycles. The third-order valence-electron chi connectivity index (χ3n) is 2.70. The molecule has 0 aliphatic rings. The second-order valence-electron chi connectivity index (χ2n) is 4.11. The molecular weight excluding hydrogens is 290 g/mol. The third-order valence-corrected chi connectivity index (χ3v) is 3.34. The maximum absolute atomic E-state index is 12.3. The highest BCUT2D eigenvalue weighted by molar-refractivity contribution is 9.10. The molecule has 2 rings (SSSR count). The van der Waals surface area contributed by atoms with Crippen LogP contribution in [-0.4, -0.2) is 10.8 Å². The number of nitrogens with zero attached hydrogens (tertiary/aromatic N) is 1. The topological polar surface area (TPSA) is 30.0 Å². The summed E-state index contributed by atoms with van der Waals surface area (Å²) in [6, 6.07) is 11.4.